The predicted molar refractivity (Wildman–Crippen MR) is 99.9 cm³/mol. The van der Waals surface area contributed by atoms with Crippen molar-refractivity contribution in [3.05, 3.63) is 71.8 Å². The van der Waals surface area contributed by atoms with Gasteiger partial charge in [0.1, 0.15) is 19.8 Å². The van der Waals surface area contributed by atoms with Crippen molar-refractivity contribution in [3.8, 4) is 0 Å². The monoisotopic (exact) mass is 386 g/mol. The van der Waals surface area contributed by atoms with Crippen LogP contribution < -0.4 is 10.6 Å². The second-order valence-corrected chi connectivity index (χ2v) is 5.81. The number of aliphatic hydroxyl groups is 1. The fraction of sp³-hybridized carbons (Fsp3) is 0.250. The van der Waals surface area contributed by atoms with Crippen molar-refractivity contribution in [2.75, 3.05) is 13.2 Å². The maximum Gasteiger partial charge on any atom is 0.407 e. The van der Waals surface area contributed by atoms with Gasteiger partial charge in [0, 0.05) is 0 Å². The van der Waals surface area contributed by atoms with E-state index in [1.807, 2.05) is 24.3 Å². The van der Waals surface area contributed by atoms with Crippen LogP contribution in [0, 0.1) is 0 Å². The molecular weight excluding hydrogens is 364 g/mol. The van der Waals surface area contributed by atoms with Crippen LogP contribution in [0.25, 0.3) is 0 Å². The Morgan fingerprint density at radius 1 is 0.857 bits per heavy atom. The number of alkyl carbamates (subject to hydrolysis) is 1. The Morgan fingerprint density at radius 3 is 1.93 bits per heavy atom. The maximum absolute atomic E-state index is 12.0. The summed E-state index contributed by atoms with van der Waals surface area (Å²) in [5.41, 5.74) is 1.59. The molecule has 2 aromatic carbocycles. The summed E-state index contributed by atoms with van der Waals surface area (Å²) in [7, 11) is 0. The first-order valence-corrected chi connectivity index (χ1v) is 8.64. The molecule has 2 rings (SSSR count). The minimum atomic E-state index is -1.22. The van der Waals surface area contributed by atoms with Gasteiger partial charge >= 0.3 is 12.1 Å². The molecule has 0 bridgehead atoms. The lowest BCUT2D eigenvalue weighted by molar-refractivity contribution is -0.150. The van der Waals surface area contributed by atoms with Crippen LogP contribution >= 0.6 is 0 Å². The Morgan fingerprint density at radius 2 is 1.39 bits per heavy atom. The van der Waals surface area contributed by atoms with Crippen LogP contribution in [0.5, 0.6) is 0 Å². The highest BCUT2D eigenvalue weighted by Crippen LogP contribution is 2.02. The summed E-state index contributed by atoms with van der Waals surface area (Å²) in [4.78, 5) is 35.5. The van der Waals surface area contributed by atoms with E-state index in [1.54, 1.807) is 36.4 Å². The van der Waals surface area contributed by atoms with E-state index in [1.165, 1.54) is 0 Å². The van der Waals surface area contributed by atoms with Gasteiger partial charge in [-0.25, -0.2) is 9.59 Å². The largest absolute Gasteiger partial charge is 0.459 e. The third kappa shape index (κ3) is 7.46. The molecule has 0 heterocycles. The van der Waals surface area contributed by atoms with Crippen molar-refractivity contribution >= 4 is 18.0 Å². The molecule has 0 saturated carbocycles. The van der Waals surface area contributed by atoms with Gasteiger partial charge in [0.05, 0.1) is 6.61 Å². The minimum Gasteiger partial charge on any atom is -0.459 e. The Labute approximate surface area is 162 Å². The van der Waals surface area contributed by atoms with Crippen molar-refractivity contribution in [2.45, 2.75) is 19.3 Å². The molecule has 0 aliphatic rings. The van der Waals surface area contributed by atoms with E-state index in [-0.39, 0.29) is 13.2 Å². The molecule has 0 radical (unpaired) electrons. The number of esters is 1. The van der Waals surface area contributed by atoms with E-state index in [0.29, 0.717) is 0 Å². The van der Waals surface area contributed by atoms with Gasteiger partial charge in [-0.3, -0.25) is 4.79 Å². The molecule has 148 valence electrons. The normalized spacial score (nSPS) is 11.2. The molecule has 28 heavy (non-hydrogen) atoms. The SMILES string of the molecule is O=C(CNC(=O)OCc1ccccc1)N[C@H](CO)C(=O)OCc1ccccc1. The number of hydrogen-bond acceptors (Lipinski definition) is 6. The standard InChI is InChI=1S/C20H22N2O6/c23-12-17(19(25)27-13-15-7-3-1-4-8-15)22-18(24)11-21-20(26)28-14-16-9-5-2-6-10-16/h1-10,17,23H,11-14H2,(H,21,26)(H,22,24)/t17-/m1/s1. The van der Waals surface area contributed by atoms with E-state index in [4.69, 9.17) is 9.47 Å². The van der Waals surface area contributed by atoms with Crippen LogP contribution in [0.4, 0.5) is 4.79 Å². The van der Waals surface area contributed by atoms with Crippen LogP contribution in [-0.4, -0.2) is 42.3 Å². The quantitative estimate of drug-likeness (QED) is 0.557. The minimum absolute atomic E-state index is 0.0239. The third-order valence-corrected chi connectivity index (χ3v) is 3.63. The van der Waals surface area contributed by atoms with Gasteiger partial charge in [0.2, 0.25) is 5.91 Å². The molecule has 2 amide bonds. The second-order valence-electron chi connectivity index (χ2n) is 5.81. The number of carbonyl (C=O) groups is 3. The summed E-state index contributed by atoms with van der Waals surface area (Å²) in [6.45, 7) is -0.941. The van der Waals surface area contributed by atoms with Gasteiger partial charge in [0.15, 0.2) is 6.04 Å². The summed E-state index contributed by atoms with van der Waals surface area (Å²) in [6.07, 6.45) is -0.772. The average Bonchev–Trinajstić information content (AvgIpc) is 2.74. The van der Waals surface area contributed by atoms with Gasteiger partial charge in [-0.2, -0.15) is 0 Å². The summed E-state index contributed by atoms with van der Waals surface area (Å²) in [6, 6.07) is 16.9. The molecule has 0 unspecified atom stereocenters. The summed E-state index contributed by atoms with van der Waals surface area (Å²) in [5, 5.41) is 13.9. The highest BCUT2D eigenvalue weighted by atomic mass is 16.5. The lowest BCUT2D eigenvalue weighted by Crippen LogP contribution is -2.48. The first-order chi connectivity index (χ1) is 13.6. The maximum atomic E-state index is 12.0. The molecule has 0 fully saturated rings. The highest BCUT2D eigenvalue weighted by molar-refractivity contribution is 5.87. The van der Waals surface area contributed by atoms with Crippen molar-refractivity contribution < 1.29 is 29.0 Å². The van der Waals surface area contributed by atoms with Gasteiger partial charge < -0.3 is 25.2 Å². The van der Waals surface area contributed by atoms with Crippen molar-refractivity contribution in [1.82, 2.24) is 10.6 Å². The summed E-state index contributed by atoms with van der Waals surface area (Å²) < 4.78 is 10.0. The fourth-order valence-electron chi connectivity index (χ4n) is 2.18. The fourth-order valence-corrected chi connectivity index (χ4v) is 2.18. The zero-order valence-electron chi connectivity index (χ0n) is 15.2. The highest BCUT2D eigenvalue weighted by Gasteiger charge is 2.21. The third-order valence-electron chi connectivity index (χ3n) is 3.63. The Bertz CT molecular complexity index is 767. The molecule has 0 spiro atoms. The lowest BCUT2D eigenvalue weighted by atomic mass is 10.2. The van der Waals surface area contributed by atoms with E-state index < -0.39 is 37.2 Å². The number of nitrogens with one attached hydrogen (secondary N) is 2. The molecule has 0 aliphatic carbocycles. The van der Waals surface area contributed by atoms with Crippen LogP contribution in [-0.2, 0) is 32.3 Å². The van der Waals surface area contributed by atoms with E-state index in [2.05, 4.69) is 10.6 Å². The number of amides is 2. The molecule has 0 aromatic heterocycles. The Hall–Kier alpha value is -3.39. The zero-order valence-corrected chi connectivity index (χ0v) is 15.2. The Balaban J connectivity index is 1.69. The first-order valence-electron chi connectivity index (χ1n) is 8.64. The number of ether oxygens (including phenoxy) is 2. The Kier molecular flexibility index (Phi) is 8.48. The number of carbonyl (C=O) groups excluding carboxylic acids is 3. The van der Waals surface area contributed by atoms with Gasteiger partial charge in [-0.15, -0.1) is 0 Å². The number of aliphatic hydroxyl groups excluding tert-OH is 1. The predicted octanol–water partition coefficient (Wildman–Crippen LogP) is 1.13. The van der Waals surface area contributed by atoms with Crippen molar-refractivity contribution in [3.63, 3.8) is 0 Å². The molecule has 8 nitrogen and oxygen atoms in total. The number of hydrogen-bond donors (Lipinski definition) is 3. The summed E-state index contributed by atoms with van der Waals surface area (Å²) in [5.74, 6) is -1.43. The smallest absolute Gasteiger partial charge is 0.407 e. The molecule has 1 atom stereocenters. The van der Waals surface area contributed by atoms with Crippen LogP contribution in [0.15, 0.2) is 60.7 Å². The van der Waals surface area contributed by atoms with Crippen LogP contribution in [0.1, 0.15) is 11.1 Å². The second kappa shape index (κ2) is 11.3. The molecular formula is C20H22N2O6. The molecule has 0 saturated heterocycles. The average molecular weight is 386 g/mol. The van der Waals surface area contributed by atoms with Crippen LogP contribution in [0.2, 0.25) is 0 Å². The molecule has 0 aliphatic heterocycles. The molecule has 8 heteroatoms. The van der Waals surface area contributed by atoms with Gasteiger partial charge in [0.25, 0.3) is 0 Å². The van der Waals surface area contributed by atoms with E-state index in [0.717, 1.165) is 11.1 Å². The number of benzene rings is 2. The molecule has 3 N–H and O–H groups in total. The van der Waals surface area contributed by atoms with Crippen LogP contribution in [0.3, 0.4) is 0 Å². The first kappa shape index (κ1) is 20.9. The van der Waals surface area contributed by atoms with E-state index >= 15 is 0 Å². The summed E-state index contributed by atoms with van der Waals surface area (Å²) >= 11 is 0. The molecule has 2 aromatic rings. The topological polar surface area (TPSA) is 114 Å². The van der Waals surface area contributed by atoms with Crippen molar-refractivity contribution in [1.29, 1.82) is 0 Å². The van der Waals surface area contributed by atoms with Crippen molar-refractivity contribution in [2.24, 2.45) is 0 Å². The van der Waals surface area contributed by atoms with Gasteiger partial charge in [-0.1, -0.05) is 60.7 Å². The van der Waals surface area contributed by atoms with E-state index in [9.17, 15) is 19.5 Å². The number of rotatable bonds is 9. The zero-order chi connectivity index (χ0) is 20.2. The lowest BCUT2D eigenvalue weighted by Gasteiger charge is -2.15. The van der Waals surface area contributed by atoms with Gasteiger partial charge in [-0.05, 0) is 11.1 Å².